The van der Waals surface area contributed by atoms with Gasteiger partial charge in [0.25, 0.3) is 0 Å². The lowest BCUT2D eigenvalue weighted by molar-refractivity contribution is 0.414. The Morgan fingerprint density at radius 3 is 2.39 bits per heavy atom. The summed E-state index contributed by atoms with van der Waals surface area (Å²) in [6.45, 7) is 4.74. The van der Waals surface area contributed by atoms with Crippen LogP contribution in [0.15, 0.2) is 71.8 Å². The van der Waals surface area contributed by atoms with E-state index in [1.54, 1.807) is 28.4 Å². The number of rotatable bonds is 5. The largest absolute Gasteiger partial charge is 0.497 e. The minimum atomic E-state index is -0.183. The molecule has 156 valence electrons. The first-order chi connectivity index (χ1) is 15.0. The van der Waals surface area contributed by atoms with Gasteiger partial charge in [-0.05, 0) is 35.2 Å². The Balaban J connectivity index is 1.55. The molecule has 0 unspecified atom stereocenters. The number of aromatic nitrogens is 5. The normalized spacial score (nSPS) is 11.6. The van der Waals surface area contributed by atoms with Crippen LogP contribution in [0.25, 0.3) is 22.4 Å². The number of methoxy groups -OCH3 is 1. The molecule has 3 heterocycles. The second-order valence-electron chi connectivity index (χ2n) is 7.92. The third-order valence-electron chi connectivity index (χ3n) is 5.56. The van der Waals surface area contributed by atoms with E-state index < -0.39 is 0 Å². The summed E-state index contributed by atoms with van der Waals surface area (Å²) < 4.78 is 10.0. The zero-order valence-corrected chi connectivity index (χ0v) is 17.7. The van der Waals surface area contributed by atoms with Gasteiger partial charge in [0, 0.05) is 18.0 Å². The molecule has 0 amide bonds. The first-order valence-corrected chi connectivity index (χ1v) is 10.2. The predicted octanol–water partition coefficient (Wildman–Crippen LogP) is 3.99. The Bertz CT molecular complexity index is 1420. The number of benzene rings is 2. The molecule has 0 radical (unpaired) electrons. The van der Waals surface area contributed by atoms with Crippen molar-refractivity contribution in [2.75, 3.05) is 7.11 Å². The van der Waals surface area contributed by atoms with Crippen LogP contribution in [0.5, 0.6) is 5.75 Å². The van der Waals surface area contributed by atoms with Gasteiger partial charge in [-0.25, -0.2) is 18.4 Å². The van der Waals surface area contributed by atoms with Crippen LogP contribution in [0.1, 0.15) is 30.9 Å². The van der Waals surface area contributed by atoms with Gasteiger partial charge in [-0.3, -0.25) is 0 Å². The van der Waals surface area contributed by atoms with E-state index in [0.717, 1.165) is 28.1 Å². The summed E-state index contributed by atoms with van der Waals surface area (Å²) in [7, 11) is 1.63. The Labute approximate surface area is 179 Å². The number of hydrogen-bond donors (Lipinski definition) is 0. The average molecular weight is 413 g/mol. The lowest BCUT2D eigenvalue weighted by Gasteiger charge is -2.05. The van der Waals surface area contributed by atoms with E-state index in [0.29, 0.717) is 18.1 Å². The first-order valence-electron chi connectivity index (χ1n) is 10.2. The highest BCUT2D eigenvalue weighted by atomic mass is 16.5. The molecule has 3 aromatic heterocycles. The maximum atomic E-state index is 12.9. The van der Waals surface area contributed by atoms with Crippen LogP contribution in [0.4, 0.5) is 0 Å². The van der Waals surface area contributed by atoms with Crippen molar-refractivity contribution >= 4 is 11.2 Å². The molecule has 0 spiro atoms. The van der Waals surface area contributed by atoms with Crippen LogP contribution in [0.3, 0.4) is 0 Å². The lowest BCUT2D eigenvalue weighted by Crippen LogP contribution is -2.21. The van der Waals surface area contributed by atoms with Gasteiger partial charge in [-0.2, -0.15) is 5.10 Å². The van der Waals surface area contributed by atoms with E-state index in [9.17, 15) is 4.79 Å². The van der Waals surface area contributed by atoms with Gasteiger partial charge in [-0.1, -0.05) is 50.2 Å². The molecular formula is C24H23N5O2. The minimum Gasteiger partial charge on any atom is -0.497 e. The fourth-order valence-corrected chi connectivity index (χ4v) is 3.72. The van der Waals surface area contributed by atoms with Gasteiger partial charge in [-0.15, -0.1) is 5.10 Å². The van der Waals surface area contributed by atoms with E-state index in [1.807, 2.05) is 30.3 Å². The summed E-state index contributed by atoms with van der Waals surface area (Å²) in [6.07, 6.45) is 3.50. The zero-order valence-electron chi connectivity index (χ0n) is 17.7. The van der Waals surface area contributed by atoms with E-state index in [4.69, 9.17) is 4.74 Å². The summed E-state index contributed by atoms with van der Waals surface area (Å²) >= 11 is 0. The van der Waals surface area contributed by atoms with Crippen molar-refractivity contribution in [3.8, 4) is 17.0 Å². The Kier molecular flexibility index (Phi) is 4.58. The molecule has 5 rings (SSSR count). The fraction of sp³-hybridized carbons (Fsp3) is 0.208. The second kappa shape index (κ2) is 7.43. The smallest absolute Gasteiger partial charge is 0.350 e. The van der Waals surface area contributed by atoms with Crippen molar-refractivity contribution in [2.45, 2.75) is 26.3 Å². The van der Waals surface area contributed by atoms with Gasteiger partial charge in [0.1, 0.15) is 11.3 Å². The molecular weight excluding hydrogens is 390 g/mol. The maximum absolute atomic E-state index is 12.9. The van der Waals surface area contributed by atoms with Crippen LogP contribution < -0.4 is 10.4 Å². The van der Waals surface area contributed by atoms with E-state index in [2.05, 4.69) is 48.3 Å². The number of fused-ring (bicyclic) bond motifs is 3. The molecule has 0 N–H and O–H groups in total. The summed E-state index contributed by atoms with van der Waals surface area (Å²) in [4.78, 5) is 12.9. The maximum Gasteiger partial charge on any atom is 0.350 e. The molecule has 2 aromatic carbocycles. The monoisotopic (exact) mass is 413 g/mol. The van der Waals surface area contributed by atoms with Crippen LogP contribution in [0, 0.1) is 0 Å². The van der Waals surface area contributed by atoms with Crippen molar-refractivity contribution in [1.29, 1.82) is 0 Å². The Morgan fingerprint density at radius 1 is 0.968 bits per heavy atom. The molecule has 0 atom stereocenters. The molecule has 7 nitrogen and oxygen atoms in total. The quantitative estimate of drug-likeness (QED) is 0.437. The lowest BCUT2D eigenvalue weighted by atomic mass is 10.0. The van der Waals surface area contributed by atoms with Gasteiger partial charge in [0.2, 0.25) is 0 Å². The van der Waals surface area contributed by atoms with Gasteiger partial charge in [0.05, 0.1) is 19.3 Å². The molecule has 0 fully saturated rings. The van der Waals surface area contributed by atoms with Crippen molar-refractivity contribution in [3.63, 3.8) is 0 Å². The molecule has 7 heteroatoms. The standard InChI is InChI=1S/C24H23N5O2/c1-16(2)18-6-8-19(9-7-18)21-14-22-23-26-29(15-17-4-10-20(31-3)11-5-17)24(30)27(23)12-13-28(22)25-21/h4-14,16H,15H2,1-3H3. The SMILES string of the molecule is COc1ccc(Cn2nc3c4cc(-c5ccc(C(C)C)cc5)nn4ccn3c2=O)cc1. The summed E-state index contributed by atoms with van der Waals surface area (Å²) in [5.41, 5.74) is 5.33. The molecule has 0 aliphatic heterocycles. The van der Waals surface area contributed by atoms with Crippen molar-refractivity contribution in [2.24, 2.45) is 0 Å². The molecule has 0 saturated heterocycles. The molecule has 0 aliphatic carbocycles. The highest BCUT2D eigenvalue weighted by Gasteiger charge is 2.14. The number of ether oxygens (including phenoxy) is 1. The van der Waals surface area contributed by atoms with Gasteiger partial charge < -0.3 is 4.74 Å². The highest BCUT2D eigenvalue weighted by molar-refractivity contribution is 5.76. The van der Waals surface area contributed by atoms with Crippen molar-refractivity contribution in [1.82, 2.24) is 23.8 Å². The van der Waals surface area contributed by atoms with Crippen molar-refractivity contribution in [3.05, 3.63) is 88.6 Å². The summed E-state index contributed by atoms with van der Waals surface area (Å²) in [5.74, 6) is 1.26. The highest BCUT2D eigenvalue weighted by Crippen LogP contribution is 2.24. The van der Waals surface area contributed by atoms with E-state index >= 15 is 0 Å². The number of nitrogens with zero attached hydrogens (tertiary/aromatic N) is 5. The molecule has 31 heavy (non-hydrogen) atoms. The second-order valence-corrected chi connectivity index (χ2v) is 7.92. The van der Waals surface area contributed by atoms with Crippen LogP contribution in [0.2, 0.25) is 0 Å². The first kappa shape index (κ1) is 19.1. The Hall–Kier alpha value is -3.87. The summed E-state index contributed by atoms with van der Waals surface area (Å²) in [6, 6.07) is 18.0. The Morgan fingerprint density at radius 2 is 1.71 bits per heavy atom. The molecule has 5 aromatic rings. The predicted molar refractivity (Wildman–Crippen MR) is 120 cm³/mol. The summed E-state index contributed by atoms with van der Waals surface area (Å²) in [5, 5.41) is 9.29. The van der Waals surface area contributed by atoms with Crippen LogP contribution in [-0.4, -0.2) is 30.9 Å². The van der Waals surface area contributed by atoms with E-state index in [1.165, 1.54) is 10.2 Å². The average Bonchev–Trinajstić information content (AvgIpc) is 3.36. The van der Waals surface area contributed by atoms with Crippen LogP contribution >= 0.6 is 0 Å². The molecule has 0 aliphatic rings. The third-order valence-corrected chi connectivity index (χ3v) is 5.56. The minimum absolute atomic E-state index is 0.183. The van der Waals surface area contributed by atoms with Gasteiger partial charge in [0.15, 0.2) is 5.65 Å². The zero-order chi connectivity index (χ0) is 21.5. The van der Waals surface area contributed by atoms with Gasteiger partial charge >= 0.3 is 5.69 Å². The van der Waals surface area contributed by atoms with Crippen molar-refractivity contribution < 1.29 is 4.74 Å². The fourth-order valence-electron chi connectivity index (χ4n) is 3.72. The number of hydrogen-bond acceptors (Lipinski definition) is 4. The topological polar surface area (TPSA) is 65.8 Å². The molecule has 0 saturated carbocycles. The van der Waals surface area contributed by atoms with Crippen LogP contribution in [-0.2, 0) is 6.54 Å². The van der Waals surface area contributed by atoms with E-state index in [-0.39, 0.29) is 5.69 Å². The molecule has 0 bridgehead atoms. The third kappa shape index (κ3) is 3.38.